The number of nitrogens with two attached hydrogens (primary N) is 1. The number of halogens is 2. The molecule has 2 heterocycles. The summed E-state index contributed by atoms with van der Waals surface area (Å²) in [7, 11) is 0. The molecule has 10 nitrogen and oxygen atoms in total. The van der Waals surface area contributed by atoms with Crippen LogP contribution in [0.3, 0.4) is 0 Å². The van der Waals surface area contributed by atoms with E-state index in [1.807, 2.05) is 60.7 Å². The highest BCUT2D eigenvalue weighted by Crippen LogP contribution is 2.40. The number of ether oxygens (including phenoxy) is 3. The molecule has 1 aliphatic rings. The Hall–Kier alpha value is -5.85. The Labute approximate surface area is 286 Å². The van der Waals surface area contributed by atoms with Gasteiger partial charge in [0.15, 0.2) is 0 Å². The van der Waals surface area contributed by atoms with Crippen molar-refractivity contribution in [1.82, 2.24) is 10.0 Å². The first-order valence-corrected chi connectivity index (χ1v) is 15.8. The third kappa shape index (κ3) is 7.88. The molecule has 1 aliphatic heterocycles. The average Bonchev–Trinajstić information content (AvgIpc) is 3.60. The van der Waals surface area contributed by atoms with Gasteiger partial charge in [-0.25, -0.2) is 4.79 Å². The van der Waals surface area contributed by atoms with Crippen LogP contribution in [0.2, 0.25) is 0 Å². The number of carbonyl (C=O) groups is 2. The number of carbonyl (C=O) groups excluding carboxylic acids is 1. The summed E-state index contributed by atoms with van der Waals surface area (Å²) in [5, 5.41) is 11.0. The van der Waals surface area contributed by atoms with Crippen LogP contribution in [0.5, 0.6) is 29.0 Å². The van der Waals surface area contributed by atoms with Crippen molar-refractivity contribution in [1.29, 1.82) is 0 Å². The van der Waals surface area contributed by atoms with E-state index in [2.05, 4.69) is 4.98 Å². The minimum Gasteiger partial charge on any atom is -0.478 e. The highest BCUT2D eigenvalue weighted by Gasteiger charge is 2.34. The van der Waals surface area contributed by atoms with E-state index < -0.39 is 47.0 Å². The molecule has 0 aliphatic carbocycles. The monoisotopic (exact) mass is 681 g/mol. The summed E-state index contributed by atoms with van der Waals surface area (Å²) >= 11 is 0. The van der Waals surface area contributed by atoms with Gasteiger partial charge in [-0.2, -0.15) is 13.8 Å². The van der Waals surface area contributed by atoms with Gasteiger partial charge >= 0.3 is 11.9 Å². The Bertz CT molecular complexity index is 2030. The fourth-order valence-corrected chi connectivity index (χ4v) is 5.40. The molecule has 0 amide bonds. The molecule has 1 unspecified atom stereocenters. The van der Waals surface area contributed by atoms with Gasteiger partial charge < -0.3 is 29.9 Å². The molecule has 50 heavy (non-hydrogen) atoms. The van der Waals surface area contributed by atoms with Gasteiger partial charge in [-0.15, -0.1) is 5.06 Å². The summed E-state index contributed by atoms with van der Waals surface area (Å²) < 4.78 is 49.2. The molecular weight excluding hydrogens is 648 g/mol. The van der Waals surface area contributed by atoms with Crippen LogP contribution in [0, 0.1) is 24.5 Å². The van der Waals surface area contributed by atoms with Crippen molar-refractivity contribution in [2.24, 2.45) is 11.7 Å². The first-order valence-electron chi connectivity index (χ1n) is 15.8. The number of aryl methyl sites for hydroxylation is 1. The van der Waals surface area contributed by atoms with Gasteiger partial charge in [0, 0.05) is 19.6 Å². The first-order chi connectivity index (χ1) is 24.2. The quantitative estimate of drug-likeness (QED) is 0.128. The predicted molar refractivity (Wildman–Crippen MR) is 179 cm³/mol. The van der Waals surface area contributed by atoms with Crippen molar-refractivity contribution in [3.63, 3.8) is 0 Å². The largest absolute Gasteiger partial charge is 0.478 e. The molecular formula is C38H33F2N3O7. The summed E-state index contributed by atoms with van der Waals surface area (Å²) in [5.41, 5.74) is 9.47. The summed E-state index contributed by atoms with van der Waals surface area (Å²) in [6, 6.07) is 27.7. The van der Waals surface area contributed by atoms with Gasteiger partial charge in [-0.3, -0.25) is 4.79 Å². The maximum atomic E-state index is 16.1. The van der Waals surface area contributed by atoms with Crippen molar-refractivity contribution in [2.45, 2.75) is 26.5 Å². The second-order valence-corrected chi connectivity index (χ2v) is 11.7. The van der Waals surface area contributed by atoms with E-state index in [4.69, 9.17) is 24.8 Å². The summed E-state index contributed by atoms with van der Waals surface area (Å²) in [6.07, 6.45) is 0.318. The van der Waals surface area contributed by atoms with Crippen LogP contribution in [0.15, 0.2) is 97.1 Å². The molecule has 1 atom stereocenters. The number of aromatic nitrogens is 1. The number of aromatic carboxylic acids is 1. The number of carboxylic acid groups (broad SMARTS) is 1. The van der Waals surface area contributed by atoms with E-state index in [1.54, 1.807) is 31.2 Å². The van der Waals surface area contributed by atoms with E-state index in [-0.39, 0.29) is 36.8 Å². The van der Waals surface area contributed by atoms with Gasteiger partial charge in [-0.05, 0) is 71.5 Å². The lowest BCUT2D eigenvalue weighted by atomic mass is 10.0. The van der Waals surface area contributed by atoms with E-state index in [0.717, 1.165) is 22.3 Å². The van der Waals surface area contributed by atoms with Crippen LogP contribution in [-0.4, -0.2) is 40.2 Å². The molecule has 0 radical (unpaired) electrons. The van der Waals surface area contributed by atoms with Gasteiger partial charge in [0.25, 0.3) is 11.8 Å². The summed E-state index contributed by atoms with van der Waals surface area (Å²) in [5.74, 6) is -7.45. The number of hydroxylamine groups is 2. The maximum absolute atomic E-state index is 16.1. The number of esters is 1. The smallest absolute Gasteiger partial charge is 0.339 e. The Morgan fingerprint density at radius 2 is 1.58 bits per heavy atom. The molecule has 4 aromatic carbocycles. The molecule has 3 N–H and O–H groups in total. The van der Waals surface area contributed by atoms with Crippen molar-refractivity contribution in [3.8, 4) is 40.1 Å². The van der Waals surface area contributed by atoms with Gasteiger partial charge in [0.1, 0.15) is 23.7 Å². The Morgan fingerprint density at radius 1 is 0.880 bits per heavy atom. The SMILES string of the molecule is Cc1ccc(C(=O)O)c(Oc2nc(Oc3cccc(-c4cccc(CN)c4)c3)c(F)c(ON3CCC(C(=O)OCc4ccccc4)C3)c2F)c1. The fourth-order valence-electron chi connectivity index (χ4n) is 5.40. The van der Waals surface area contributed by atoms with Crippen molar-refractivity contribution >= 4 is 11.9 Å². The number of carboxylic acids is 1. The molecule has 0 spiro atoms. The van der Waals surface area contributed by atoms with Crippen LogP contribution in [-0.2, 0) is 22.7 Å². The Morgan fingerprint density at radius 3 is 2.32 bits per heavy atom. The zero-order valence-corrected chi connectivity index (χ0v) is 27.0. The first kappa shape index (κ1) is 34.0. The van der Waals surface area contributed by atoms with Gasteiger partial charge in [0.2, 0.25) is 17.4 Å². The molecule has 1 saturated heterocycles. The number of benzene rings is 4. The standard InChI is InChI=1S/C38H33F2N3O7/c1-23-13-14-30(37(44)45)31(17-23)49-36-33(40)34(50-43-16-15-28(21-43)38(46)47-22-24-7-3-2-4-8-24)32(39)35(42-36)48-29-12-6-11-27(19-29)26-10-5-9-25(18-26)20-41/h2-14,17-19,28H,15-16,20-22,41H2,1H3,(H,44,45). The third-order valence-corrected chi connectivity index (χ3v) is 8.02. The minimum atomic E-state index is -1.34. The predicted octanol–water partition coefficient (Wildman–Crippen LogP) is 7.44. The van der Waals surface area contributed by atoms with E-state index >= 15 is 8.78 Å². The number of rotatable bonds is 12. The molecule has 256 valence electrons. The van der Waals surface area contributed by atoms with Crippen LogP contribution >= 0.6 is 0 Å². The van der Waals surface area contributed by atoms with Crippen LogP contribution < -0.4 is 20.0 Å². The maximum Gasteiger partial charge on any atom is 0.339 e. The molecule has 1 fully saturated rings. The average molecular weight is 682 g/mol. The topological polar surface area (TPSA) is 133 Å². The van der Waals surface area contributed by atoms with E-state index in [0.29, 0.717) is 18.5 Å². The number of nitrogens with zero attached hydrogens (tertiary/aromatic N) is 2. The zero-order chi connectivity index (χ0) is 35.2. The molecule has 12 heteroatoms. The molecule has 0 bridgehead atoms. The molecule has 1 aromatic heterocycles. The number of pyridine rings is 1. The number of hydrogen-bond acceptors (Lipinski definition) is 9. The van der Waals surface area contributed by atoms with Crippen LogP contribution in [0.4, 0.5) is 8.78 Å². The molecule has 0 saturated carbocycles. The molecule has 6 rings (SSSR count). The van der Waals surface area contributed by atoms with E-state index in [9.17, 15) is 14.7 Å². The van der Waals surface area contributed by atoms with Gasteiger partial charge in [0.05, 0.1) is 5.92 Å². The second-order valence-electron chi connectivity index (χ2n) is 11.7. The Balaban J connectivity index is 1.29. The zero-order valence-electron chi connectivity index (χ0n) is 27.0. The highest BCUT2D eigenvalue weighted by atomic mass is 19.1. The normalized spacial score (nSPS) is 14.3. The second kappa shape index (κ2) is 15.1. The van der Waals surface area contributed by atoms with Crippen LogP contribution in [0.1, 0.15) is 33.5 Å². The lowest BCUT2D eigenvalue weighted by molar-refractivity contribution is -0.150. The fraction of sp³-hybridized carbons (Fsp3) is 0.184. The summed E-state index contributed by atoms with van der Waals surface area (Å²) in [6.45, 7) is 2.27. The van der Waals surface area contributed by atoms with Crippen LogP contribution in [0.25, 0.3) is 11.1 Å². The lowest BCUT2D eigenvalue weighted by Crippen LogP contribution is -2.28. The third-order valence-electron chi connectivity index (χ3n) is 8.02. The number of hydrogen-bond donors (Lipinski definition) is 2. The highest BCUT2D eigenvalue weighted by molar-refractivity contribution is 5.91. The summed E-state index contributed by atoms with van der Waals surface area (Å²) in [4.78, 5) is 34.4. The van der Waals surface area contributed by atoms with Crippen molar-refractivity contribution in [3.05, 3.63) is 131 Å². The Kier molecular flexibility index (Phi) is 10.3. The molecule has 5 aromatic rings. The van der Waals surface area contributed by atoms with E-state index in [1.165, 1.54) is 17.2 Å². The minimum absolute atomic E-state index is 0.00778. The lowest BCUT2D eigenvalue weighted by Gasteiger charge is -2.20. The van der Waals surface area contributed by atoms with Crippen molar-refractivity contribution in [2.75, 3.05) is 13.1 Å². The van der Waals surface area contributed by atoms with Crippen molar-refractivity contribution < 1.29 is 42.5 Å². The van der Waals surface area contributed by atoms with Gasteiger partial charge in [-0.1, -0.05) is 66.7 Å².